The highest BCUT2D eigenvalue weighted by molar-refractivity contribution is 6.05. The zero-order valence-corrected chi connectivity index (χ0v) is 26.9. The van der Waals surface area contributed by atoms with E-state index in [0.717, 1.165) is 44.8 Å². The van der Waals surface area contributed by atoms with Crippen LogP contribution in [0, 0.1) is 0 Å². The maximum Gasteiger partial charge on any atom is 0.161 e. The second-order valence-corrected chi connectivity index (χ2v) is 12.8. The van der Waals surface area contributed by atoms with Crippen LogP contribution in [0.1, 0.15) is 43.0 Å². The Bertz CT molecular complexity index is 2300. The molecule has 0 aliphatic heterocycles. The van der Waals surface area contributed by atoms with Crippen LogP contribution in [0.25, 0.3) is 55.8 Å². The predicted molar refractivity (Wildman–Crippen MR) is 196 cm³/mol. The second-order valence-electron chi connectivity index (χ2n) is 12.8. The summed E-state index contributed by atoms with van der Waals surface area (Å²) >= 11 is 0. The third kappa shape index (κ3) is 5.05. The quantitative estimate of drug-likeness (QED) is 0.177. The molecule has 0 bridgehead atoms. The molecule has 1 aliphatic rings. The standard InChI is InChI=1S/C44H35N3/c1-29(45-28-30-15-6-4-7-16-30)33-19-10-11-20-34(33)32-25-26-35-39(27-32)44(2,3)38-23-14-22-37(41(35)38)43-46-40-24-13-12-21-36(40)42(47-43)31-17-8-5-9-18-31/h4-27H,28H2,1-3H3. The van der Waals surface area contributed by atoms with Gasteiger partial charge in [-0.15, -0.1) is 0 Å². The lowest BCUT2D eigenvalue weighted by Gasteiger charge is -2.22. The van der Waals surface area contributed by atoms with Gasteiger partial charge < -0.3 is 0 Å². The first-order valence-corrected chi connectivity index (χ1v) is 16.2. The normalized spacial score (nSPS) is 13.4. The van der Waals surface area contributed by atoms with Crippen molar-refractivity contribution in [1.29, 1.82) is 0 Å². The molecule has 8 rings (SSSR count). The smallest absolute Gasteiger partial charge is 0.161 e. The van der Waals surface area contributed by atoms with Gasteiger partial charge in [0.2, 0.25) is 0 Å². The predicted octanol–water partition coefficient (Wildman–Crippen LogP) is 10.9. The average molecular weight is 606 g/mol. The Hall–Kier alpha value is -5.67. The third-order valence-corrected chi connectivity index (χ3v) is 9.56. The molecule has 0 N–H and O–H groups in total. The first kappa shape index (κ1) is 28.8. The van der Waals surface area contributed by atoms with Gasteiger partial charge in [0.15, 0.2) is 5.82 Å². The Morgan fingerprint density at radius 3 is 2.13 bits per heavy atom. The second kappa shape index (κ2) is 11.6. The van der Waals surface area contributed by atoms with E-state index in [-0.39, 0.29) is 5.41 Å². The van der Waals surface area contributed by atoms with Crippen molar-refractivity contribution in [3.8, 4) is 44.9 Å². The van der Waals surface area contributed by atoms with Crippen LogP contribution in [0.15, 0.2) is 151 Å². The SMILES string of the molecule is CC(=NCc1ccccc1)c1ccccc1-c1ccc2c(c1)C(C)(C)c1cccc(-c3nc(-c4ccccc4)c4ccccc4n3)c1-2. The summed E-state index contributed by atoms with van der Waals surface area (Å²) in [5.41, 5.74) is 14.8. The molecule has 47 heavy (non-hydrogen) atoms. The Morgan fingerprint density at radius 1 is 0.596 bits per heavy atom. The molecule has 0 atom stereocenters. The minimum Gasteiger partial charge on any atom is -0.285 e. The number of para-hydroxylation sites is 1. The molecule has 1 aliphatic carbocycles. The van der Waals surface area contributed by atoms with Crippen LogP contribution in [-0.4, -0.2) is 15.7 Å². The Kier molecular flexibility index (Phi) is 7.10. The van der Waals surface area contributed by atoms with Crippen LogP contribution in [0.3, 0.4) is 0 Å². The number of benzene rings is 6. The largest absolute Gasteiger partial charge is 0.285 e. The van der Waals surface area contributed by atoms with E-state index in [1.807, 2.05) is 12.1 Å². The highest BCUT2D eigenvalue weighted by atomic mass is 14.9. The molecule has 1 heterocycles. The average Bonchev–Trinajstić information content (AvgIpc) is 3.36. The van der Waals surface area contributed by atoms with E-state index >= 15 is 0 Å². The van der Waals surface area contributed by atoms with E-state index < -0.39 is 0 Å². The van der Waals surface area contributed by atoms with Crippen molar-refractivity contribution in [2.75, 3.05) is 0 Å². The number of hydrogen-bond donors (Lipinski definition) is 0. The summed E-state index contributed by atoms with van der Waals surface area (Å²) in [5.74, 6) is 0.753. The van der Waals surface area contributed by atoms with Gasteiger partial charge in [-0.25, -0.2) is 9.97 Å². The molecule has 7 aromatic rings. The highest BCUT2D eigenvalue weighted by Crippen LogP contribution is 2.52. The number of hydrogen-bond acceptors (Lipinski definition) is 3. The summed E-state index contributed by atoms with van der Waals surface area (Å²) < 4.78 is 0. The monoisotopic (exact) mass is 605 g/mol. The van der Waals surface area contributed by atoms with E-state index in [2.05, 4.69) is 154 Å². The molecule has 6 aromatic carbocycles. The van der Waals surface area contributed by atoms with Gasteiger partial charge in [0, 0.05) is 33.2 Å². The minimum atomic E-state index is -0.193. The van der Waals surface area contributed by atoms with Gasteiger partial charge in [0.25, 0.3) is 0 Å². The van der Waals surface area contributed by atoms with Crippen LogP contribution < -0.4 is 0 Å². The zero-order chi connectivity index (χ0) is 32.0. The van der Waals surface area contributed by atoms with Gasteiger partial charge in [0.05, 0.1) is 17.8 Å². The van der Waals surface area contributed by atoms with E-state index in [0.29, 0.717) is 6.54 Å². The van der Waals surface area contributed by atoms with Gasteiger partial charge in [0.1, 0.15) is 0 Å². The summed E-state index contributed by atoms with van der Waals surface area (Å²) in [6, 6.07) is 51.4. The summed E-state index contributed by atoms with van der Waals surface area (Å²) in [6.45, 7) is 7.45. The summed E-state index contributed by atoms with van der Waals surface area (Å²) in [6.07, 6.45) is 0. The van der Waals surface area contributed by atoms with Crippen molar-refractivity contribution in [3.05, 3.63) is 168 Å². The maximum atomic E-state index is 5.25. The molecule has 0 unspecified atom stereocenters. The summed E-state index contributed by atoms with van der Waals surface area (Å²) in [5, 5.41) is 1.06. The lowest BCUT2D eigenvalue weighted by atomic mass is 9.81. The van der Waals surface area contributed by atoms with Gasteiger partial charge in [-0.1, -0.05) is 147 Å². The van der Waals surface area contributed by atoms with Crippen molar-refractivity contribution in [2.45, 2.75) is 32.7 Å². The lowest BCUT2D eigenvalue weighted by molar-refractivity contribution is 0.660. The van der Waals surface area contributed by atoms with Crippen LogP contribution >= 0.6 is 0 Å². The van der Waals surface area contributed by atoms with Crippen molar-refractivity contribution in [3.63, 3.8) is 0 Å². The number of fused-ring (bicyclic) bond motifs is 4. The molecule has 3 nitrogen and oxygen atoms in total. The molecule has 0 radical (unpaired) electrons. The molecule has 1 aromatic heterocycles. The fourth-order valence-corrected chi connectivity index (χ4v) is 7.08. The Labute approximate surface area is 276 Å². The lowest BCUT2D eigenvalue weighted by Crippen LogP contribution is -2.15. The van der Waals surface area contributed by atoms with Gasteiger partial charge in [-0.05, 0) is 58.0 Å². The fourth-order valence-electron chi connectivity index (χ4n) is 7.08. The Morgan fingerprint density at radius 2 is 1.30 bits per heavy atom. The third-order valence-electron chi connectivity index (χ3n) is 9.56. The summed E-state index contributed by atoms with van der Waals surface area (Å²) in [7, 11) is 0. The van der Waals surface area contributed by atoms with Crippen molar-refractivity contribution < 1.29 is 0 Å². The van der Waals surface area contributed by atoms with Crippen LogP contribution in [-0.2, 0) is 12.0 Å². The first-order chi connectivity index (χ1) is 23.0. The Balaban J connectivity index is 1.25. The molecule has 226 valence electrons. The molecular weight excluding hydrogens is 571 g/mol. The van der Waals surface area contributed by atoms with Gasteiger partial charge in [-0.2, -0.15) is 0 Å². The minimum absolute atomic E-state index is 0.193. The van der Waals surface area contributed by atoms with Crippen molar-refractivity contribution in [1.82, 2.24) is 9.97 Å². The van der Waals surface area contributed by atoms with E-state index in [9.17, 15) is 0 Å². The van der Waals surface area contributed by atoms with E-state index in [1.54, 1.807) is 0 Å². The fraction of sp³-hybridized carbons (Fsp3) is 0.114. The molecule has 0 fully saturated rings. The zero-order valence-electron chi connectivity index (χ0n) is 26.9. The number of aliphatic imine (C=N–C) groups is 1. The molecular formula is C44H35N3. The van der Waals surface area contributed by atoms with Gasteiger partial charge >= 0.3 is 0 Å². The molecule has 0 amide bonds. The van der Waals surface area contributed by atoms with E-state index in [1.165, 1.54) is 38.9 Å². The number of aromatic nitrogens is 2. The van der Waals surface area contributed by atoms with Crippen LogP contribution in [0.5, 0.6) is 0 Å². The highest BCUT2D eigenvalue weighted by Gasteiger charge is 2.37. The van der Waals surface area contributed by atoms with Crippen LogP contribution in [0.2, 0.25) is 0 Å². The van der Waals surface area contributed by atoms with Crippen molar-refractivity contribution in [2.24, 2.45) is 4.99 Å². The number of nitrogens with zero attached hydrogens (tertiary/aromatic N) is 3. The molecule has 0 saturated carbocycles. The molecule has 0 spiro atoms. The van der Waals surface area contributed by atoms with E-state index in [4.69, 9.17) is 15.0 Å². The van der Waals surface area contributed by atoms with Crippen LogP contribution in [0.4, 0.5) is 0 Å². The molecule has 3 heteroatoms. The molecule has 0 saturated heterocycles. The first-order valence-electron chi connectivity index (χ1n) is 16.2. The van der Waals surface area contributed by atoms with Crippen molar-refractivity contribution >= 4 is 16.6 Å². The summed E-state index contributed by atoms with van der Waals surface area (Å²) in [4.78, 5) is 15.4. The van der Waals surface area contributed by atoms with Gasteiger partial charge in [-0.3, -0.25) is 4.99 Å². The number of rotatable bonds is 6. The maximum absolute atomic E-state index is 5.25. The topological polar surface area (TPSA) is 38.1 Å².